The number of hydrogen-bond acceptors (Lipinski definition) is 3. The Hall–Kier alpha value is -2.56. The molecule has 0 bridgehead atoms. The Labute approximate surface area is 135 Å². The number of rotatable bonds is 4. The molecule has 0 aliphatic carbocycles. The number of nitrogens with zero attached hydrogens (tertiary/aromatic N) is 2. The Balaban J connectivity index is 1.58. The summed E-state index contributed by atoms with van der Waals surface area (Å²) >= 11 is 0. The van der Waals surface area contributed by atoms with Gasteiger partial charge in [0.15, 0.2) is 0 Å². The predicted octanol–water partition coefficient (Wildman–Crippen LogP) is 2.62. The minimum atomic E-state index is -0.352. The van der Waals surface area contributed by atoms with Crippen molar-refractivity contribution in [3.05, 3.63) is 59.4 Å². The molecule has 0 saturated carbocycles. The van der Waals surface area contributed by atoms with E-state index in [1.54, 1.807) is 42.1 Å². The maximum atomic E-state index is 12.3. The van der Waals surface area contributed by atoms with E-state index in [1.165, 1.54) is 0 Å². The second-order valence-electron chi connectivity index (χ2n) is 5.78. The second kappa shape index (κ2) is 6.69. The molecule has 0 N–H and O–H groups in total. The maximum Gasteiger partial charge on any atom is 0.355 e. The highest BCUT2D eigenvalue weighted by molar-refractivity contribution is 5.94. The minimum absolute atomic E-state index is 0.0786. The van der Waals surface area contributed by atoms with Crippen molar-refractivity contribution in [2.75, 3.05) is 13.1 Å². The third-order valence-electron chi connectivity index (χ3n) is 4.12. The fourth-order valence-corrected chi connectivity index (χ4v) is 2.74. The number of aryl methyl sites for hydroxylation is 1. The van der Waals surface area contributed by atoms with Crippen LogP contribution in [0.3, 0.4) is 0 Å². The maximum absolute atomic E-state index is 12.3. The third kappa shape index (κ3) is 3.44. The summed E-state index contributed by atoms with van der Waals surface area (Å²) < 4.78 is 7.02. The van der Waals surface area contributed by atoms with Gasteiger partial charge >= 0.3 is 5.97 Å². The van der Waals surface area contributed by atoms with Gasteiger partial charge in [0.1, 0.15) is 12.3 Å². The molecule has 1 aromatic heterocycles. The molecule has 1 aliphatic heterocycles. The van der Waals surface area contributed by atoms with Crippen molar-refractivity contribution in [1.29, 1.82) is 0 Å². The smallest absolute Gasteiger partial charge is 0.355 e. The molecule has 2 heterocycles. The summed E-state index contributed by atoms with van der Waals surface area (Å²) in [4.78, 5) is 26.1. The lowest BCUT2D eigenvalue weighted by Gasteiger charge is -2.15. The summed E-state index contributed by atoms with van der Waals surface area (Å²) in [5.74, 6) is -0.274. The molecule has 0 spiro atoms. The van der Waals surface area contributed by atoms with E-state index >= 15 is 0 Å². The van der Waals surface area contributed by atoms with E-state index in [0.29, 0.717) is 11.3 Å². The Bertz CT molecular complexity index is 697. The van der Waals surface area contributed by atoms with Crippen LogP contribution in [-0.2, 0) is 18.4 Å². The zero-order chi connectivity index (χ0) is 16.2. The quantitative estimate of drug-likeness (QED) is 0.816. The molecule has 2 aromatic rings. The minimum Gasteiger partial charge on any atom is -0.456 e. The zero-order valence-electron chi connectivity index (χ0n) is 13.2. The average molecular weight is 312 g/mol. The molecule has 5 heteroatoms. The van der Waals surface area contributed by atoms with Gasteiger partial charge in [0, 0.05) is 31.9 Å². The topological polar surface area (TPSA) is 51.5 Å². The van der Waals surface area contributed by atoms with Gasteiger partial charge in [-0.15, -0.1) is 0 Å². The molecule has 3 rings (SSSR count). The van der Waals surface area contributed by atoms with E-state index in [9.17, 15) is 9.59 Å². The van der Waals surface area contributed by atoms with Gasteiger partial charge in [-0.1, -0.05) is 12.1 Å². The molecule has 23 heavy (non-hydrogen) atoms. The Morgan fingerprint density at radius 3 is 2.39 bits per heavy atom. The first-order valence-electron chi connectivity index (χ1n) is 7.82. The Morgan fingerprint density at radius 2 is 1.78 bits per heavy atom. The van der Waals surface area contributed by atoms with E-state index in [4.69, 9.17) is 4.74 Å². The van der Waals surface area contributed by atoms with Crippen molar-refractivity contribution in [2.45, 2.75) is 19.4 Å². The van der Waals surface area contributed by atoms with Crippen LogP contribution in [0.25, 0.3) is 0 Å². The summed E-state index contributed by atoms with van der Waals surface area (Å²) in [7, 11) is 1.80. The van der Waals surface area contributed by atoms with Crippen LogP contribution in [0.4, 0.5) is 0 Å². The van der Waals surface area contributed by atoms with Crippen molar-refractivity contribution in [3.8, 4) is 0 Å². The van der Waals surface area contributed by atoms with Crippen molar-refractivity contribution < 1.29 is 14.3 Å². The van der Waals surface area contributed by atoms with Gasteiger partial charge in [-0.3, -0.25) is 4.79 Å². The van der Waals surface area contributed by atoms with Gasteiger partial charge < -0.3 is 14.2 Å². The molecule has 1 saturated heterocycles. The van der Waals surface area contributed by atoms with Crippen LogP contribution in [0.1, 0.15) is 39.3 Å². The van der Waals surface area contributed by atoms with Gasteiger partial charge in [0.25, 0.3) is 5.91 Å². The molecule has 1 aliphatic rings. The number of carbonyl (C=O) groups is 2. The summed E-state index contributed by atoms with van der Waals surface area (Å²) in [6, 6.07) is 10.8. The van der Waals surface area contributed by atoms with Gasteiger partial charge in [0.2, 0.25) is 0 Å². The molecule has 120 valence electrons. The van der Waals surface area contributed by atoms with Gasteiger partial charge in [-0.05, 0) is 42.7 Å². The highest BCUT2D eigenvalue weighted by Gasteiger charge is 2.19. The molecule has 1 fully saturated rings. The fraction of sp³-hybridized carbons (Fsp3) is 0.333. The largest absolute Gasteiger partial charge is 0.456 e. The van der Waals surface area contributed by atoms with Gasteiger partial charge in [0.05, 0.1) is 0 Å². The van der Waals surface area contributed by atoms with Crippen molar-refractivity contribution in [3.63, 3.8) is 0 Å². The van der Waals surface area contributed by atoms with Crippen LogP contribution in [0.2, 0.25) is 0 Å². The number of amides is 1. The first-order chi connectivity index (χ1) is 11.1. The van der Waals surface area contributed by atoms with Crippen molar-refractivity contribution in [1.82, 2.24) is 9.47 Å². The molecular weight excluding hydrogens is 292 g/mol. The SMILES string of the molecule is Cn1cccc1C(=O)OCc1ccc(C(=O)N2CCCC2)cc1. The van der Waals surface area contributed by atoms with Crippen LogP contribution in [0.5, 0.6) is 0 Å². The molecule has 0 radical (unpaired) electrons. The van der Waals surface area contributed by atoms with E-state index in [0.717, 1.165) is 31.5 Å². The third-order valence-corrected chi connectivity index (χ3v) is 4.12. The standard InChI is InChI=1S/C18H20N2O3/c1-19-10-4-5-16(19)18(22)23-13-14-6-8-15(9-7-14)17(21)20-11-2-3-12-20/h4-10H,2-3,11-13H2,1H3. The normalized spacial score (nSPS) is 14.0. The molecule has 5 nitrogen and oxygen atoms in total. The molecule has 1 aromatic carbocycles. The van der Waals surface area contributed by atoms with Crippen LogP contribution < -0.4 is 0 Å². The average Bonchev–Trinajstić information content (AvgIpc) is 3.24. The Kier molecular flexibility index (Phi) is 4.46. The molecular formula is C18H20N2O3. The number of ether oxygens (including phenoxy) is 1. The molecule has 1 amide bonds. The van der Waals surface area contributed by atoms with E-state index in [1.807, 2.05) is 17.0 Å². The van der Waals surface area contributed by atoms with E-state index in [2.05, 4.69) is 0 Å². The number of aromatic nitrogens is 1. The number of benzene rings is 1. The second-order valence-corrected chi connectivity index (χ2v) is 5.78. The summed E-state index contributed by atoms with van der Waals surface area (Å²) in [6.07, 6.45) is 3.97. The van der Waals surface area contributed by atoms with Gasteiger partial charge in [-0.2, -0.15) is 0 Å². The zero-order valence-corrected chi connectivity index (χ0v) is 13.2. The molecule has 0 atom stereocenters. The van der Waals surface area contributed by atoms with Crippen molar-refractivity contribution >= 4 is 11.9 Å². The van der Waals surface area contributed by atoms with Crippen LogP contribution in [0.15, 0.2) is 42.6 Å². The lowest BCUT2D eigenvalue weighted by Crippen LogP contribution is -2.27. The highest BCUT2D eigenvalue weighted by atomic mass is 16.5. The first-order valence-corrected chi connectivity index (χ1v) is 7.82. The van der Waals surface area contributed by atoms with Gasteiger partial charge in [-0.25, -0.2) is 4.79 Å². The first kappa shape index (κ1) is 15.3. The number of carbonyl (C=O) groups excluding carboxylic acids is 2. The van der Waals surface area contributed by atoms with Crippen LogP contribution in [0, 0.1) is 0 Å². The van der Waals surface area contributed by atoms with Crippen molar-refractivity contribution in [2.24, 2.45) is 7.05 Å². The van der Waals surface area contributed by atoms with E-state index < -0.39 is 0 Å². The lowest BCUT2D eigenvalue weighted by atomic mass is 10.1. The fourth-order valence-electron chi connectivity index (χ4n) is 2.74. The number of esters is 1. The summed E-state index contributed by atoms with van der Waals surface area (Å²) in [6.45, 7) is 1.88. The lowest BCUT2D eigenvalue weighted by molar-refractivity contribution is 0.0461. The number of likely N-dealkylation sites (tertiary alicyclic amines) is 1. The van der Waals surface area contributed by atoms with E-state index in [-0.39, 0.29) is 18.5 Å². The summed E-state index contributed by atoms with van der Waals surface area (Å²) in [5.41, 5.74) is 2.07. The highest BCUT2D eigenvalue weighted by Crippen LogP contribution is 2.14. The molecule has 0 unspecified atom stereocenters. The monoisotopic (exact) mass is 312 g/mol. The van der Waals surface area contributed by atoms with Crippen LogP contribution in [-0.4, -0.2) is 34.4 Å². The Morgan fingerprint density at radius 1 is 1.09 bits per heavy atom. The summed E-state index contributed by atoms with van der Waals surface area (Å²) in [5, 5.41) is 0. The van der Waals surface area contributed by atoms with Crippen LogP contribution >= 0.6 is 0 Å². The predicted molar refractivity (Wildman–Crippen MR) is 86.1 cm³/mol. The number of hydrogen-bond donors (Lipinski definition) is 0.